The molecule has 6 aromatic rings. The van der Waals surface area contributed by atoms with Gasteiger partial charge in [0.1, 0.15) is 14.2 Å². The van der Waals surface area contributed by atoms with Gasteiger partial charge in [0.25, 0.3) is 43.2 Å². The molecule has 8 rings (SSSR count). The van der Waals surface area contributed by atoms with Crippen LogP contribution in [0.2, 0.25) is 0 Å². The van der Waals surface area contributed by atoms with Gasteiger partial charge in [-0.25, -0.2) is 26.8 Å². The molecule has 6 N–H and O–H groups in total. The Hall–Kier alpha value is -7.50. The summed E-state index contributed by atoms with van der Waals surface area (Å²) in [6.07, 6.45) is 5.27. The molecule has 0 saturated carbocycles. The molecule has 6 heterocycles. The first-order valence-electron chi connectivity index (χ1n) is 21.9. The average molecular weight is 1060 g/mol. The lowest BCUT2D eigenvalue weighted by Gasteiger charge is -2.31. The van der Waals surface area contributed by atoms with Crippen molar-refractivity contribution in [3.05, 3.63) is 161 Å². The van der Waals surface area contributed by atoms with Gasteiger partial charge in [-0.2, -0.15) is 8.61 Å². The maximum absolute atomic E-state index is 13.1. The van der Waals surface area contributed by atoms with Crippen LogP contribution in [0.1, 0.15) is 56.2 Å². The van der Waals surface area contributed by atoms with Gasteiger partial charge in [-0.05, 0) is 92.4 Å². The molecule has 0 aliphatic carbocycles. The fourth-order valence-electron chi connectivity index (χ4n) is 7.51. The average Bonchev–Trinajstić information content (AvgIpc) is 4.08. The Balaban J connectivity index is 0.000000212. The molecule has 28 heteroatoms. The lowest BCUT2D eigenvalue weighted by molar-refractivity contribution is -0.385. The molecule has 2 amide bonds. The third-order valence-electron chi connectivity index (χ3n) is 11.4. The normalized spacial score (nSPS) is 14.8. The van der Waals surface area contributed by atoms with E-state index in [1.165, 1.54) is 81.5 Å². The van der Waals surface area contributed by atoms with E-state index in [2.05, 4.69) is 31.2 Å². The summed E-state index contributed by atoms with van der Waals surface area (Å²) < 4.78 is 55.7. The predicted molar refractivity (Wildman–Crippen MR) is 268 cm³/mol. The summed E-state index contributed by atoms with van der Waals surface area (Å²) in [5.41, 5.74) is 6.65. The van der Waals surface area contributed by atoms with Gasteiger partial charge in [0.2, 0.25) is 5.82 Å². The van der Waals surface area contributed by atoms with Crippen LogP contribution in [0, 0.1) is 30.3 Å². The van der Waals surface area contributed by atoms with Crippen LogP contribution in [0.3, 0.4) is 0 Å². The first-order chi connectivity index (χ1) is 34.4. The van der Waals surface area contributed by atoms with E-state index in [0.29, 0.717) is 60.0 Å². The number of amides is 2. The van der Waals surface area contributed by atoms with Crippen LogP contribution >= 0.6 is 22.7 Å². The van der Waals surface area contributed by atoms with Crippen LogP contribution in [0.15, 0.2) is 118 Å². The summed E-state index contributed by atoms with van der Waals surface area (Å²) in [6, 6.07) is 23.1. The molecule has 0 radical (unpaired) electrons. The lowest BCUT2D eigenvalue weighted by atomic mass is 10.1. The minimum atomic E-state index is -3.74. The Morgan fingerprint density at radius 1 is 0.583 bits per heavy atom. The number of hydrogen-bond donors (Lipinski definition) is 5. The van der Waals surface area contributed by atoms with Gasteiger partial charge in [0.15, 0.2) is 0 Å². The molecule has 24 nitrogen and oxygen atoms in total. The highest BCUT2D eigenvalue weighted by Gasteiger charge is 2.33. The van der Waals surface area contributed by atoms with Crippen LogP contribution in [-0.2, 0) is 33.1 Å². The molecule has 0 bridgehead atoms. The van der Waals surface area contributed by atoms with Crippen molar-refractivity contribution < 1.29 is 41.2 Å². The fourth-order valence-corrected chi connectivity index (χ4v) is 13.3. The standard InChI is InChI=1S/C22H22N6O7S2.C22H24N6O5S2/c29-22(15-3-5-17(6-4-15)27(30)31)24-14-18-7-8-20(36-18)37(34,35)26-12-9-16(10-13-26)25-21-19(28(32)33)2-1-11-23-21;23-19-2-1-11-24-21(19)26-16-9-12-27(13-10-16)35(32,33)20-8-7-18(34-20)14-25-22(29)15-3-5-17(6-4-15)28(30)31/h1-8,11,16H,9-10,12-14H2,(H,23,25)(H,24,29);1-8,11,16H,9-10,12-14,23H2,(H,24,26)(H,25,29). The van der Waals surface area contributed by atoms with Crippen molar-refractivity contribution in [1.29, 1.82) is 0 Å². The highest BCUT2D eigenvalue weighted by molar-refractivity contribution is 7.91. The van der Waals surface area contributed by atoms with Gasteiger partial charge in [-0.1, -0.05) is 0 Å². The highest BCUT2D eigenvalue weighted by atomic mass is 32.3. The Kier molecular flexibility index (Phi) is 16.8. The van der Waals surface area contributed by atoms with E-state index in [0.717, 1.165) is 22.7 Å². The number of thiophene rings is 2. The smallest absolute Gasteiger partial charge is 0.311 e. The number of piperidine rings is 2. The number of nitro groups is 3. The topological polar surface area (TPSA) is 338 Å². The van der Waals surface area contributed by atoms with E-state index >= 15 is 0 Å². The minimum absolute atomic E-state index is 0.0761. The molecule has 2 aromatic carbocycles. The molecule has 2 aliphatic rings. The van der Waals surface area contributed by atoms with Crippen molar-refractivity contribution in [2.45, 2.75) is 59.3 Å². The molecular weight excluding hydrogens is 1020 g/mol. The van der Waals surface area contributed by atoms with E-state index in [9.17, 15) is 56.8 Å². The van der Waals surface area contributed by atoms with Crippen molar-refractivity contribution in [2.24, 2.45) is 0 Å². The summed E-state index contributed by atoms with van der Waals surface area (Å²) in [5, 5.41) is 44.4. The summed E-state index contributed by atoms with van der Waals surface area (Å²) >= 11 is 2.16. The second-order valence-electron chi connectivity index (χ2n) is 16.1. The number of carbonyl (C=O) groups is 2. The molecule has 0 atom stereocenters. The van der Waals surface area contributed by atoms with E-state index in [1.807, 2.05) is 0 Å². The van der Waals surface area contributed by atoms with Crippen molar-refractivity contribution in [3.63, 3.8) is 0 Å². The van der Waals surface area contributed by atoms with Gasteiger partial charge in [-0.3, -0.25) is 39.9 Å². The molecule has 0 spiro atoms. The third kappa shape index (κ3) is 13.1. The quantitative estimate of drug-likeness (QED) is 0.0518. The van der Waals surface area contributed by atoms with Gasteiger partial charge in [0, 0.05) is 102 Å². The number of sulfonamides is 2. The van der Waals surface area contributed by atoms with E-state index in [1.54, 1.807) is 36.5 Å². The molecular formula is C44H46N12O12S4. The number of hydrogen-bond acceptors (Lipinski definition) is 19. The van der Waals surface area contributed by atoms with E-state index in [-0.39, 0.29) is 80.7 Å². The number of anilines is 3. The number of non-ortho nitro benzene ring substituents is 2. The number of nitrogens with two attached hydrogens (primary N) is 1. The van der Waals surface area contributed by atoms with Crippen LogP contribution in [-0.4, -0.2) is 100 Å². The number of rotatable bonds is 17. The first-order valence-corrected chi connectivity index (χ1v) is 26.5. The van der Waals surface area contributed by atoms with Crippen LogP contribution in [0.25, 0.3) is 0 Å². The molecule has 2 aliphatic heterocycles. The van der Waals surface area contributed by atoms with Gasteiger partial charge in [0.05, 0.1) is 33.5 Å². The Morgan fingerprint density at radius 3 is 1.39 bits per heavy atom. The van der Waals surface area contributed by atoms with E-state index < -0.39 is 46.6 Å². The second kappa shape index (κ2) is 23.2. The zero-order valence-electron chi connectivity index (χ0n) is 37.9. The molecule has 378 valence electrons. The summed E-state index contributed by atoms with van der Waals surface area (Å²) in [5.74, 6) is -0.0730. The molecule has 2 fully saturated rings. The third-order valence-corrected chi connectivity index (χ3v) is 18.3. The number of nitro benzene ring substituents is 2. The van der Waals surface area contributed by atoms with E-state index in [4.69, 9.17) is 5.73 Å². The van der Waals surface area contributed by atoms with Gasteiger partial charge < -0.3 is 27.0 Å². The molecule has 72 heavy (non-hydrogen) atoms. The summed E-state index contributed by atoms with van der Waals surface area (Å²) in [4.78, 5) is 65.3. The van der Waals surface area contributed by atoms with Crippen LogP contribution in [0.4, 0.5) is 34.4 Å². The Bertz CT molecular complexity index is 3160. The van der Waals surface area contributed by atoms with Gasteiger partial charge in [-0.15, -0.1) is 22.7 Å². The first kappa shape index (κ1) is 52.3. The number of nitrogens with zero attached hydrogens (tertiary/aromatic N) is 7. The Labute approximate surface area is 419 Å². The molecule has 2 saturated heterocycles. The highest BCUT2D eigenvalue weighted by Crippen LogP contribution is 2.31. The van der Waals surface area contributed by atoms with Crippen molar-refractivity contribution >= 4 is 88.9 Å². The monoisotopic (exact) mass is 1060 g/mol. The number of aromatic nitrogens is 2. The maximum atomic E-state index is 13.1. The number of benzene rings is 2. The zero-order valence-corrected chi connectivity index (χ0v) is 41.1. The van der Waals surface area contributed by atoms with Crippen LogP contribution < -0.4 is 27.0 Å². The largest absolute Gasteiger partial charge is 0.396 e. The Morgan fingerprint density at radius 2 is 0.986 bits per heavy atom. The van der Waals surface area contributed by atoms with Gasteiger partial charge >= 0.3 is 5.69 Å². The van der Waals surface area contributed by atoms with Crippen molar-refractivity contribution in [2.75, 3.05) is 42.5 Å². The summed E-state index contributed by atoms with van der Waals surface area (Å²) in [7, 11) is -7.38. The lowest BCUT2D eigenvalue weighted by Crippen LogP contribution is -2.42. The SMILES string of the molecule is Nc1cccnc1NC1CCN(S(=O)(=O)c2ccc(CNC(=O)c3ccc([N+](=O)[O-])cc3)s2)CC1.O=C(NCc1ccc(S(=O)(=O)N2CCC(Nc3ncccc3[N+](=O)[O-])CC2)s1)c1ccc([N+](=O)[O-])cc1. The summed E-state index contributed by atoms with van der Waals surface area (Å²) in [6.45, 7) is 1.47. The molecule has 0 unspecified atom stereocenters. The number of carbonyl (C=O) groups excluding carboxylic acids is 2. The zero-order chi connectivity index (χ0) is 51.6. The maximum Gasteiger partial charge on any atom is 0.311 e. The second-order valence-corrected chi connectivity index (χ2v) is 22.8. The van der Waals surface area contributed by atoms with Crippen LogP contribution in [0.5, 0.6) is 0 Å². The fraction of sp³-hybridized carbons (Fsp3) is 0.273. The van der Waals surface area contributed by atoms with Crippen molar-refractivity contribution in [3.8, 4) is 0 Å². The predicted octanol–water partition coefficient (Wildman–Crippen LogP) is 5.98. The molecule has 4 aromatic heterocycles. The number of nitrogen functional groups attached to an aromatic ring is 1. The van der Waals surface area contributed by atoms with Crippen molar-refractivity contribution in [1.82, 2.24) is 29.2 Å². The number of nitrogens with one attached hydrogen (secondary N) is 4. The minimum Gasteiger partial charge on any atom is -0.396 e. The number of pyridine rings is 2.